The molecule has 1 fully saturated rings. The Hall–Kier alpha value is -4.01. The zero-order valence-electron chi connectivity index (χ0n) is 18.8. The van der Waals surface area contributed by atoms with Crippen LogP contribution in [0.1, 0.15) is 51.1 Å². The van der Waals surface area contributed by atoms with E-state index in [-0.39, 0.29) is 17.3 Å². The molecular weight excluding hydrogens is 418 g/mol. The van der Waals surface area contributed by atoms with Crippen molar-refractivity contribution in [3.05, 3.63) is 71.0 Å². The van der Waals surface area contributed by atoms with Crippen LogP contribution in [0, 0.1) is 12.3 Å². The Balaban J connectivity index is 1.45. The number of benzene rings is 1. The van der Waals surface area contributed by atoms with E-state index in [4.69, 9.17) is 5.41 Å². The van der Waals surface area contributed by atoms with E-state index >= 15 is 0 Å². The Morgan fingerprint density at radius 3 is 2.27 bits per heavy atom. The molecular formula is C24H27N7O2. The van der Waals surface area contributed by atoms with Crippen molar-refractivity contribution in [1.29, 1.82) is 5.41 Å². The second kappa shape index (κ2) is 9.64. The molecule has 0 unspecified atom stereocenters. The molecule has 2 amide bonds. The Bertz CT molecular complexity index is 1160. The summed E-state index contributed by atoms with van der Waals surface area (Å²) < 4.78 is 1.44. The minimum absolute atomic E-state index is 0.233. The number of amidine groups is 1. The van der Waals surface area contributed by atoms with E-state index in [0.29, 0.717) is 17.2 Å². The Kier molecular flexibility index (Phi) is 6.48. The minimum atomic E-state index is -0.417. The highest BCUT2D eigenvalue weighted by molar-refractivity contribution is 6.11. The number of hydrogen-bond acceptors (Lipinski definition) is 5. The van der Waals surface area contributed by atoms with Gasteiger partial charge in [0, 0.05) is 37.5 Å². The second-order valence-electron chi connectivity index (χ2n) is 8.13. The summed E-state index contributed by atoms with van der Waals surface area (Å²) >= 11 is 0. The molecule has 0 atom stereocenters. The fraction of sp³-hybridized carbons (Fsp3) is 0.292. The van der Waals surface area contributed by atoms with Gasteiger partial charge in [0.15, 0.2) is 0 Å². The lowest BCUT2D eigenvalue weighted by Gasteiger charge is -2.29. The summed E-state index contributed by atoms with van der Waals surface area (Å²) in [6.45, 7) is 3.70. The van der Waals surface area contributed by atoms with Gasteiger partial charge in [-0.25, -0.2) is 4.98 Å². The lowest BCUT2D eigenvalue weighted by Crippen LogP contribution is -2.35. The van der Waals surface area contributed by atoms with E-state index in [9.17, 15) is 9.59 Å². The van der Waals surface area contributed by atoms with Gasteiger partial charge in [0.2, 0.25) is 0 Å². The van der Waals surface area contributed by atoms with Gasteiger partial charge >= 0.3 is 0 Å². The largest absolute Gasteiger partial charge is 0.357 e. The van der Waals surface area contributed by atoms with Crippen molar-refractivity contribution < 1.29 is 9.59 Å². The predicted molar refractivity (Wildman–Crippen MR) is 127 cm³/mol. The standard InChI is InChI=1S/C24H27N7O2/c1-16-6-11-20(26-14-16)28-24(33)19-15-27-30(2)22(19)29-23(32)18-9-7-17(8-10-18)21(25)31-12-4-3-5-13-31/h6-11,14-15,25H,3-5,12-13H2,1-2H3,(H,29,32)(H,26,28,33). The van der Waals surface area contributed by atoms with Gasteiger partial charge in [-0.2, -0.15) is 5.10 Å². The summed E-state index contributed by atoms with van der Waals surface area (Å²) in [6, 6.07) is 10.5. The minimum Gasteiger partial charge on any atom is -0.357 e. The number of nitrogens with zero attached hydrogens (tertiary/aromatic N) is 4. The zero-order valence-corrected chi connectivity index (χ0v) is 18.8. The highest BCUT2D eigenvalue weighted by atomic mass is 16.2. The van der Waals surface area contributed by atoms with Gasteiger partial charge in [-0.15, -0.1) is 0 Å². The third-order valence-corrected chi connectivity index (χ3v) is 5.66. The van der Waals surface area contributed by atoms with E-state index in [2.05, 4.69) is 25.6 Å². The molecule has 0 aliphatic carbocycles. The van der Waals surface area contributed by atoms with E-state index in [0.717, 1.165) is 37.1 Å². The molecule has 3 N–H and O–H groups in total. The number of likely N-dealkylation sites (tertiary alicyclic amines) is 1. The van der Waals surface area contributed by atoms with Crippen LogP contribution in [0.5, 0.6) is 0 Å². The van der Waals surface area contributed by atoms with Crippen molar-refractivity contribution in [2.45, 2.75) is 26.2 Å². The molecule has 3 heterocycles. The molecule has 9 heteroatoms. The number of aromatic nitrogens is 3. The average molecular weight is 446 g/mol. The first-order valence-corrected chi connectivity index (χ1v) is 10.9. The third kappa shape index (κ3) is 5.08. The van der Waals surface area contributed by atoms with Gasteiger partial charge in [-0.05, 0) is 49.9 Å². The monoisotopic (exact) mass is 445 g/mol. The van der Waals surface area contributed by atoms with Crippen molar-refractivity contribution in [3.63, 3.8) is 0 Å². The molecule has 1 saturated heterocycles. The SMILES string of the molecule is Cc1ccc(NC(=O)c2cnn(C)c2NC(=O)c2ccc(C(=N)N3CCCCC3)cc2)nc1. The van der Waals surface area contributed by atoms with E-state index in [1.807, 2.05) is 13.0 Å². The first-order chi connectivity index (χ1) is 15.9. The van der Waals surface area contributed by atoms with E-state index in [1.165, 1.54) is 17.3 Å². The topological polar surface area (TPSA) is 116 Å². The number of pyridine rings is 1. The van der Waals surface area contributed by atoms with Crippen LogP contribution in [0.3, 0.4) is 0 Å². The smallest absolute Gasteiger partial charge is 0.262 e. The molecule has 1 aliphatic heterocycles. The van der Waals surface area contributed by atoms with E-state index in [1.54, 1.807) is 43.6 Å². The number of hydrogen-bond donors (Lipinski definition) is 3. The Labute approximate surface area is 192 Å². The van der Waals surface area contributed by atoms with Crippen LogP contribution in [0.2, 0.25) is 0 Å². The Morgan fingerprint density at radius 1 is 0.909 bits per heavy atom. The Morgan fingerprint density at radius 2 is 1.61 bits per heavy atom. The number of rotatable bonds is 5. The van der Waals surface area contributed by atoms with Crippen LogP contribution < -0.4 is 10.6 Å². The van der Waals surface area contributed by atoms with Crippen LogP contribution in [0.15, 0.2) is 48.8 Å². The molecule has 0 radical (unpaired) electrons. The van der Waals surface area contributed by atoms with Crippen LogP contribution in [-0.4, -0.2) is 50.4 Å². The average Bonchev–Trinajstić information content (AvgIpc) is 3.20. The van der Waals surface area contributed by atoms with Gasteiger partial charge < -0.3 is 15.5 Å². The molecule has 2 aromatic heterocycles. The summed E-state index contributed by atoms with van der Waals surface area (Å²) in [5.74, 6) is 0.405. The lowest BCUT2D eigenvalue weighted by atomic mass is 10.1. The fourth-order valence-electron chi connectivity index (χ4n) is 3.74. The van der Waals surface area contributed by atoms with E-state index < -0.39 is 5.91 Å². The first kappa shape index (κ1) is 22.2. The van der Waals surface area contributed by atoms with Crippen molar-refractivity contribution in [2.75, 3.05) is 23.7 Å². The molecule has 0 spiro atoms. The van der Waals surface area contributed by atoms with Gasteiger partial charge in [0.05, 0.1) is 6.20 Å². The summed E-state index contributed by atoms with van der Waals surface area (Å²) in [4.78, 5) is 31.8. The second-order valence-corrected chi connectivity index (χ2v) is 8.13. The van der Waals surface area contributed by atoms with Crippen LogP contribution in [0.4, 0.5) is 11.6 Å². The summed E-state index contributed by atoms with van der Waals surface area (Å²) in [6.07, 6.45) is 6.48. The number of carbonyl (C=O) groups excluding carboxylic acids is 2. The van der Waals surface area contributed by atoms with Gasteiger partial charge in [-0.1, -0.05) is 18.2 Å². The number of amides is 2. The van der Waals surface area contributed by atoms with Crippen LogP contribution in [-0.2, 0) is 7.05 Å². The molecule has 0 saturated carbocycles. The van der Waals surface area contributed by atoms with Crippen LogP contribution in [0.25, 0.3) is 0 Å². The molecule has 0 bridgehead atoms. The maximum Gasteiger partial charge on any atom is 0.262 e. The molecule has 170 valence electrons. The van der Waals surface area contributed by atoms with Crippen LogP contribution >= 0.6 is 0 Å². The third-order valence-electron chi connectivity index (χ3n) is 5.66. The van der Waals surface area contributed by atoms with Crippen molar-refractivity contribution in [3.8, 4) is 0 Å². The van der Waals surface area contributed by atoms with Crippen molar-refractivity contribution in [2.24, 2.45) is 7.05 Å². The zero-order chi connectivity index (χ0) is 23.4. The number of piperidine rings is 1. The number of carbonyl (C=O) groups is 2. The van der Waals surface area contributed by atoms with Gasteiger partial charge in [0.25, 0.3) is 11.8 Å². The number of aryl methyl sites for hydroxylation is 2. The molecule has 33 heavy (non-hydrogen) atoms. The summed E-state index contributed by atoms with van der Waals surface area (Å²) in [5, 5.41) is 18.0. The maximum absolute atomic E-state index is 12.9. The molecule has 4 rings (SSSR count). The molecule has 9 nitrogen and oxygen atoms in total. The predicted octanol–water partition coefficient (Wildman–Crippen LogP) is 3.44. The molecule has 1 aromatic carbocycles. The first-order valence-electron chi connectivity index (χ1n) is 10.9. The van der Waals surface area contributed by atoms with Gasteiger partial charge in [-0.3, -0.25) is 19.7 Å². The highest BCUT2D eigenvalue weighted by Gasteiger charge is 2.20. The lowest BCUT2D eigenvalue weighted by molar-refractivity contribution is 0.102. The van der Waals surface area contributed by atoms with Gasteiger partial charge in [0.1, 0.15) is 23.0 Å². The highest BCUT2D eigenvalue weighted by Crippen LogP contribution is 2.18. The molecule has 1 aliphatic rings. The van der Waals surface area contributed by atoms with Crippen molar-refractivity contribution in [1.82, 2.24) is 19.7 Å². The summed E-state index contributed by atoms with van der Waals surface area (Å²) in [5.41, 5.74) is 2.42. The normalized spacial score (nSPS) is 13.5. The fourth-order valence-corrected chi connectivity index (χ4v) is 3.74. The quantitative estimate of drug-likeness (QED) is 0.411. The number of anilines is 2. The number of nitrogens with one attached hydrogen (secondary N) is 3. The maximum atomic E-state index is 12.9. The molecule has 3 aromatic rings. The summed E-state index contributed by atoms with van der Waals surface area (Å²) in [7, 11) is 1.65. The van der Waals surface area contributed by atoms with Crippen molar-refractivity contribution >= 4 is 29.3 Å².